The summed E-state index contributed by atoms with van der Waals surface area (Å²) in [6.07, 6.45) is 1.23. The summed E-state index contributed by atoms with van der Waals surface area (Å²) in [5, 5.41) is 1.10. The topological polar surface area (TPSA) is 12.9 Å². The number of nitrogens with zero attached hydrogens (tertiary/aromatic N) is 1. The Hall–Kier alpha value is 0.510. The molecule has 0 saturated carbocycles. The second kappa shape index (κ2) is 5.55. The van der Waals surface area contributed by atoms with E-state index in [1.807, 2.05) is 11.8 Å². The number of rotatable bonds is 4. The van der Waals surface area contributed by atoms with E-state index in [4.69, 9.17) is 0 Å². The molecule has 2 aromatic rings. The van der Waals surface area contributed by atoms with E-state index in [1.54, 1.807) is 0 Å². The average Bonchev–Trinajstić information content (AvgIpc) is 2.60. The zero-order valence-corrected chi connectivity index (χ0v) is 12.3. The van der Waals surface area contributed by atoms with Crippen LogP contribution in [0.3, 0.4) is 0 Å². The molecule has 0 fully saturated rings. The van der Waals surface area contributed by atoms with Gasteiger partial charge in [0.05, 0.1) is 0 Å². The third-order valence-electron chi connectivity index (χ3n) is 1.78. The first-order valence-electron chi connectivity index (χ1n) is 4.44. The third-order valence-corrected chi connectivity index (χ3v) is 7.11. The van der Waals surface area contributed by atoms with Crippen molar-refractivity contribution in [1.29, 1.82) is 0 Å². The summed E-state index contributed by atoms with van der Waals surface area (Å²) in [5.41, 5.74) is 1.22. The van der Waals surface area contributed by atoms with Crippen LogP contribution in [0.5, 0.6) is 0 Å². The van der Waals surface area contributed by atoms with Gasteiger partial charge in [-0.2, -0.15) is 0 Å². The third kappa shape index (κ3) is 2.76. The van der Waals surface area contributed by atoms with Crippen molar-refractivity contribution in [2.75, 3.05) is 11.1 Å². The van der Waals surface area contributed by atoms with Crippen molar-refractivity contribution in [3.8, 4) is 0 Å². The molecule has 74 valence electrons. The van der Waals surface area contributed by atoms with Gasteiger partial charge in [0, 0.05) is 0 Å². The molecule has 0 atom stereocenters. The Morgan fingerprint density at radius 1 is 1.36 bits per heavy atom. The predicted molar refractivity (Wildman–Crippen MR) is 67.8 cm³/mol. The van der Waals surface area contributed by atoms with Gasteiger partial charge < -0.3 is 0 Å². The van der Waals surface area contributed by atoms with Crippen LogP contribution in [0.2, 0.25) is 0 Å². The van der Waals surface area contributed by atoms with Crippen molar-refractivity contribution >= 4 is 57.0 Å². The van der Waals surface area contributed by atoms with Gasteiger partial charge in [0.1, 0.15) is 0 Å². The number of hydrogen-bond donors (Lipinski definition) is 0. The molecule has 0 N–H and O–H groups in total. The Kier molecular flexibility index (Phi) is 4.37. The van der Waals surface area contributed by atoms with E-state index in [-0.39, 0.29) is 20.4 Å². The van der Waals surface area contributed by atoms with E-state index in [2.05, 4.69) is 45.2 Å². The molecule has 0 saturated heterocycles. The fourth-order valence-corrected chi connectivity index (χ4v) is 6.27. The molecule has 1 aromatic carbocycles. The van der Waals surface area contributed by atoms with Crippen LogP contribution in [-0.2, 0) is 0 Å². The number of benzene rings is 1. The maximum absolute atomic E-state index is 4.65. The molecule has 2 rings (SSSR count). The van der Waals surface area contributed by atoms with Crippen LogP contribution >= 0.6 is 27.7 Å². The number of aromatic nitrogens is 1. The Labute approximate surface area is 106 Å². The summed E-state index contributed by atoms with van der Waals surface area (Å²) < 4.78 is 2.90. The minimum absolute atomic E-state index is 0.144. The van der Waals surface area contributed by atoms with E-state index in [9.17, 15) is 0 Å². The number of hydrogen-bond acceptors (Lipinski definition) is 2. The van der Waals surface area contributed by atoms with Crippen LogP contribution in [0.1, 0.15) is 6.42 Å². The molecule has 0 spiro atoms. The van der Waals surface area contributed by atoms with Crippen LogP contribution in [0.25, 0.3) is 8.92 Å². The molecule has 1 heterocycles. The summed E-state index contributed by atoms with van der Waals surface area (Å²) in [4.78, 5) is 4.65. The second-order valence-corrected chi connectivity index (χ2v) is 8.46. The Morgan fingerprint density at radius 3 is 3.00 bits per heavy atom. The van der Waals surface area contributed by atoms with Gasteiger partial charge in [0.2, 0.25) is 0 Å². The molecule has 0 unspecified atom stereocenters. The molecule has 0 aliphatic heterocycles. The molecular weight excluding hydrogens is 374 g/mol. The summed E-state index contributed by atoms with van der Waals surface area (Å²) in [5.74, 6) is 1.20. The van der Waals surface area contributed by atoms with Crippen LogP contribution < -0.4 is 0 Å². The molecule has 0 radical (unpaired) electrons. The zero-order chi connectivity index (χ0) is 9.80. The molecule has 1 aromatic heterocycles. The standard InChI is InChI=1S/C10H10BrNSTe/c11-6-3-7-13-10-12-8-4-1-2-5-9(8)14-10/h1-2,4-5H,3,6-7H2. The van der Waals surface area contributed by atoms with Gasteiger partial charge in [0.15, 0.2) is 0 Å². The first-order valence-corrected chi connectivity index (χ1v) is 8.88. The van der Waals surface area contributed by atoms with E-state index < -0.39 is 0 Å². The Morgan fingerprint density at radius 2 is 2.21 bits per heavy atom. The SMILES string of the molecule is BrCCCSc1nc2ccccc2[te]1. The van der Waals surface area contributed by atoms with Crippen molar-refractivity contribution in [2.24, 2.45) is 0 Å². The monoisotopic (exact) mass is 385 g/mol. The predicted octanol–water partition coefficient (Wildman–Crippen LogP) is 3.17. The van der Waals surface area contributed by atoms with Crippen molar-refractivity contribution in [3.05, 3.63) is 24.3 Å². The number of fused-ring (bicyclic) bond motifs is 1. The summed E-state index contributed by atoms with van der Waals surface area (Å²) in [7, 11) is 0. The zero-order valence-electron chi connectivity index (χ0n) is 7.57. The van der Waals surface area contributed by atoms with Crippen LogP contribution in [0.4, 0.5) is 0 Å². The van der Waals surface area contributed by atoms with E-state index in [0.29, 0.717) is 0 Å². The molecule has 0 amide bonds. The number of alkyl halides is 1. The molecule has 0 aliphatic carbocycles. The first-order chi connectivity index (χ1) is 6.90. The number of para-hydroxylation sites is 1. The van der Waals surface area contributed by atoms with Crippen molar-refractivity contribution < 1.29 is 0 Å². The maximum atomic E-state index is 4.65. The van der Waals surface area contributed by atoms with E-state index in [1.165, 1.54) is 24.1 Å². The quantitative estimate of drug-likeness (QED) is 0.348. The van der Waals surface area contributed by atoms with Crippen LogP contribution in [0, 0.1) is 0 Å². The Balaban J connectivity index is 2.11. The van der Waals surface area contributed by atoms with Gasteiger partial charge >= 0.3 is 107 Å². The van der Waals surface area contributed by atoms with Gasteiger partial charge in [-0.1, -0.05) is 0 Å². The number of thioether (sulfide) groups is 1. The summed E-state index contributed by atoms with van der Waals surface area (Å²) in [6.45, 7) is 0. The average molecular weight is 384 g/mol. The van der Waals surface area contributed by atoms with Crippen molar-refractivity contribution in [2.45, 2.75) is 9.46 Å². The molecule has 4 heteroatoms. The number of halogens is 1. The summed E-state index contributed by atoms with van der Waals surface area (Å²) in [6, 6.07) is 8.53. The van der Waals surface area contributed by atoms with E-state index >= 15 is 0 Å². The summed E-state index contributed by atoms with van der Waals surface area (Å²) >= 11 is 5.24. The molecule has 14 heavy (non-hydrogen) atoms. The van der Waals surface area contributed by atoms with Crippen LogP contribution in [0.15, 0.2) is 27.3 Å². The minimum atomic E-state index is -0.144. The molecule has 0 aliphatic rings. The van der Waals surface area contributed by atoms with Crippen molar-refractivity contribution in [3.63, 3.8) is 0 Å². The molecule has 0 bridgehead atoms. The van der Waals surface area contributed by atoms with Gasteiger partial charge in [-0.15, -0.1) is 0 Å². The molecular formula is C10H10BrNSTe. The van der Waals surface area contributed by atoms with Gasteiger partial charge in [-0.25, -0.2) is 0 Å². The Bertz CT molecular complexity index is 382. The van der Waals surface area contributed by atoms with Gasteiger partial charge in [-0.05, 0) is 0 Å². The normalized spacial score (nSPS) is 10.9. The van der Waals surface area contributed by atoms with E-state index in [0.717, 1.165) is 5.33 Å². The molecule has 1 nitrogen and oxygen atoms in total. The van der Waals surface area contributed by atoms with Gasteiger partial charge in [0.25, 0.3) is 0 Å². The fraction of sp³-hybridized carbons (Fsp3) is 0.300. The van der Waals surface area contributed by atoms with Crippen LogP contribution in [-0.4, -0.2) is 36.5 Å². The van der Waals surface area contributed by atoms with Crippen molar-refractivity contribution in [1.82, 2.24) is 4.98 Å². The second-order valence-electron chi connectivity index (χ2n) is 2.84. The fourth-order valence-electron chi connectivity index (χ4n) is 1.13. The first kappa shape index (κ1) is 11.0. The van der Waals surface area contributed by atoms with Gasteiger partial charge in [-0.3, -0.25) is 0 Å².